The van der Waals surface area contributed by atoms with Crippen LogP contribution in [0.1, 0.15) is 19.3 Å². The van der Waals surface area contributed by atoms with Gasteiger partial charge in [0.1, 0.15) is 0 Å². The third-order valence-electron chi connectivity index (χ3n) is 3.54. The first-order valence-electron chi connectivity index (χ1n) is 6.08. The molecule has 2 fully saturated rings. The average Bonchev–Trinajstić information content (AvgIpc) is 2.70. The summed E-state index contributed by atoms with van der Waals surface area (Å²) in [6.45, 7) is 5.47. The molecule has 5 heteroatoms. The zero-order valence-corrected chi connectivity index (χ0v) is 9.97. The van der Waals surface area contributed by atoms with E-state index in [9.17, 15) is 9.59 Å². The van der Waals surface area contributed by atoms with Crippen LogP contribution in [0.15, 0.2) is 12.7 Å². The summed E-state index contributed by atoms with van der Waals surface area (Å²) in [7, 11) is 0. The minimum absolute atomic E-state index is 0.0242. The lowest BCUT2D eigenvalue weighted by molar-refractivity contribution is -0.139. The van der Waals surface area contributed by atoms with Crippen LogP contribution in [0.2, 0.25) is 0 Å². The maximum Gasteiger partial charge on any atom is 0.239 e. The fraction of sp³-hybridized carbons (Fsp3) is 0.667. The molecule has 0 aromatic rings. The maximum absolute atomic E-state index is 12.0. The van der Waals surface area contributed by atoms with Crippen LogP contribution in [0, 0.1) is 0 Å². The smallest absolute Gasteiger partial charge is 0.239 e. The van der Waals surface area contributed by atoms with Gasteiger partial charge < -0.3 is 15.5 Å². The molecule has 0 bridgehead atoms. The lowest BCUT2D eigenvalue weighted by Gasteiger charge is -2.38. The molecule has 0 spiro atoms. The number of rotatable bonds is 3. The van der Waals surface area contributed by atoms with Crippen molar-refractivity contribution in [2.75, 3.05) is 19.6 Å². The molecule has 2 heterocycles. The van der Waals surface area contributed by atoms with Gasteiger partial charge in [0, 0.05) is 32.1 Å². The van der Waals surface area contributed by atoms with E-state index in [1.807, 2.05) is 4.90 Å². The summed E-state index contributed by atoms with van der Waals surface area (Å²) >= 11 is 0. The van der Waals surface area contributed by atoms with Gasteiger partial charge in [-0.05, 0) is 12.8 Å². The van der Waals surface area contributed by atoms with Crippen LogP contribution in [0.4, 0.5) is 0 Å². The van der Waals surface area contributed by atoms with Crippen molar-refractivity contribution in [1.82, 2.24) is 9.80 Å². The van der Waals surface area contributed by atoms with E-state index in [1.165, 1.54) is 0 Å². The summed E-state index contributed by atoms with van der Waals surface area (Å²) in [4.78, 5) is 27.2. The van der Waals surface area contributed by atoms with Gasteiger partial charge in [-0.15, -0.1) is 6.58 Å². The normalized spacial score (nSPS) is 25.7. The fourth-order valence-electron chi connectivity index (χ4n) is 2.58. The molecule has 2 unspecified atom stereocenters. The van der Waals surface area contributed by atoms with Crippen molar-refractivity contribution in [2.24, 2.45) is 5.73 Å². The third kappa shape index (κ3) is 2.34. The molecular weight excluding hydrogens is 218 g/mol. The van der Waals surface area contributed by atoms with Gasteiger partial charge in [0.05, 0.1) is 6.04 Å². The highest BCUT2D eigenvalue weighted by atomic mass is 16.2. The second-order valence-corrected chi connectivity index (χ2v) is 4.69. The second kappa shape index (κ2) is 4.87. The van der Waals surface area contributed by atoms with Crippen molar-refractivity contribution in [1.29, 1.82) is 0 Å². The molecule has 2 aliphatic rings. The summed E-state index contributed by atoms with van der Waals surface area (Å²) in [5, 5.41) is 0. The van der Waals surface area contributed by atoms with Gasteiger partial charge in [0.2, 0.25) is 11.8 Å². The molecule has 0 aliphatic carbocycles. The van der Waals surface area contributed by atoms with E-state index in [-0.39, 0.29) is 17.9 Å². The van der Waals surface area contributed by atoms with Gasteiger partial charge in [0.15, 0.2) is 0 Å². The van der Waals surface area contributed by atoms with Crippen molar-refractivity contribution in [3.8, 4) is 0 Å². The molecule has 2 N–H and O–H groups in total. The number of piperazine rings is 1. The largest absolute Gasteiger partial charge is 0.338 e. The SMILES string of the molecule is C=CCC(N)C(=O)N1CCN2C(=O)CCC2C1. The average molecular weight is 237 g/mol. The van der Waals surface area contributed by atoms with Crippen LogP contribution in [-0.2, 0) is 9.59 Å². The Balaban J connectivity index is 1.94. The Morgan fingerprint density at radius 3 is 3.06 bits per heavy atom. The summed E-state index contributed by atoms with van der Waals surface area (Å²) < 4.78 is 0. The Hall–Kier alpha value is -1.36. The number of amides is 2. The molecule has 5 nitrogen and oxygen atoms in total. The molecule has 2 saturated heterocycles. The first kappa shape index (κ1) is 12.1. The highest BCUT2D eigenvalue weighted by Crippen LogP contribution is 2.23. The Morgan fingerprint density at radius 2 is 2.35 bits per heavy atom. The minimum Gasteiger partial charge on any atom is -0.338 e. The molecule has 2 amide bonds. The number of nitrogens with zero attached hydrogens (tertiary/aromatic N) is 2. The molecule has 0 aromatic heterocycles. The van der Waals surface area contributed by atoms with Crippen LogP contribution < -0.4 is 5.73 Å². The molecule has 2 aliphatic heterocycles. The van der Waals surface area contributed by atoms with E-state index in [4.69, 9.17) is 5.73 Å². The first-order chi connectivity index (χ1) is 8.13. The maximum atomic E-state index is 12.0. The minimum atomic E-state index is -0.490. The Labute approximate surface area is 101 Å². The van der Waals surface area contributed by atoms with Gasteiger partial charge in [-0.1, -0.05) is 6.08 Å². The predicted octanol–water partition coefficient (Wildman–Crippen LogP) is -0.277. The molecule has 2 atom stereocenters. The summed E-state index contributed by atoms with van der Waals surface area (Å²) in [6, 6.07) is -0.285. The molecule has 0 aromatic carbocycles. The Bertz CT molecular complexity index is 343. The van der Waals surface area contributed by atoms with Crippen molar-refractivity contribution in [3.63, 3.8) is 0 Å². The lowest BCUT2D eigenvalue weighted by atomic mass is 10.1. The summed E-state index contributed by atoms with van der Waals surface area (Å²) in [6.07, 6.45) is 3.64. The van der Waals surface area contributed by atoms with E-state index in [0.717, 1.165) is 6.42 Å². The number of fused-ring (bicyclic) bond motifs is 1. The zero-order valence-electron chi connectivity index (χ0n) is 9.97. The van der Waals surface area contributed by atoms with Crippen molar-refractivity contribution in [3.05, 3.63) is 12.7 Å². The monoisotopic (exact) mass is 237 g/mol. The summed E-state index contributed by atoms with van der Waals surface area (Å²) in [5.41, 5.74) is 5.78. The van der Waals surface area contributed by atoms with Crippen LogP contribution in [0.5, 0.6) is 0 Å². The van der Waals surface area contributed by atoms with Gasteiger partial charge >= 0.3 is 0 Å². The Morgan fingerprint density at radius 1 is 1.59 bits per heavy atom. The highest BCUT2D eigenvalue weighted by molar-refractivity contribution is 5.83. The summed E-state index contributed by atoms with van der Waals surface area (Å²) in [5.74, 6) is 0.196. The second-order valence-electron chi connectivity index (χ2n) is 4.69. The number of hydrogen-bond acceptors (Lipinski definition) is 3. The molecule has 94 valence electrons. The molecular formula is C12H19N3O2. The molecule has 0 radical (unpaired) electrons. The van der Waals surface area contributed by atoms with Crippen LogP contribution in [0.3, 0.4) is 0 Å². The van der Waals surface area contributed by atoms with E-state index >= 15 is 0 Å². The van der Waals surface area contributed by atoms with E-state index in [2.05, 4.69) is 6.58 Å². The van der Waals surface area contributed by atoms with Crippen molar-refractivity contribution < 1.29 is 9.59 Å². The predicted molar refractivity (Wildman–Crippen MR) is 64.1 cm³/mol. The topological polar surface area (TPSA) is 66.6 Å². The standard InChI is InChI=1S/C12H19N3O2/c1-2-3-10(13)12(17)14-6-7-15-9(8-14)4-5-11(15)16/h2,9-10H,1,3-8,13H2. The van der Waals surface area contributed by atoms with Crippen LogP contribution >= 0.6 is 0 Å². The van der Waals surface area contributed by atoms with Gasteiger partial charge in [-0.2, -0.15) is 0 Å². The third-order valence-corrected chi connectivity index (χ3v) is 3.54. The molecule has 2 rings (SSSR count). The van der Waals surface area contributed by atoms with Crippen LogP contribution in [0.25, 0.3) is 0 Å². The molecule has 0 saturated carbocycles. The van der Waals surface area contributed by atoms with E-state index in [0.29, 0.717) is 32.5 Å². The molecule has 17 heavy (non-hydrogen) atoms. The number of nitrogens with two attached hydrogens (primary N) is 1. The van der Waals surface area contributed by atoms with Crippen LogP contribution in [-0.4, -0.2) is 53.3 Å². The van der Waals surface area contributed by atoms with Gasteiger partial charge in [0.25, 0.3) is 0 Å². The van der Waals surface area contributed by atoms with E-state index in [1.54, 1.807) is 11.0 Å². The highest BCUT2D eigenvalue weighted by Gasteiger charge is 2.37. The fourth-order valence-corrected chi connectivity index (χ4v) is 2.58. The number of carbonyl (C=O) groups excluding carboxylic acids is 2. The van der Waals surface area contributed by atoms with Gasteiger partial charge in [-0.3, -0.25) is 9.59 Å². The van der Waals surface area contributed by atoms with E-state index < -0.39 is 6.04 Å². The number of carbonyl (C=O) groups is 2. The zero-order chi connectivity index (χ0) is 12.4. The van der Waals surface area contributed by atoms with Crippen molar-refractivity contribution in [2.45, 2.75) is 31.3 Å². The number of hydrogen-bond donors (Lipinski definition) is 1. The van der Waals surface area contributed by atoms with Gasteiger partial charge in [-0.25, -0.2) is 0 Å². The van der Waals surface area contributed by atoms with Crippen molar-refractivity contribution >= 4 is 11.8 Å². The quantitative estimate of drug-likeness (QED) is 0.687. The lowest BCUT2D eigenvalue weighted by Crippen LogP contribution is -2.56. The Kier molecular flexibility index (Phi) is 3.47. The first-order valence-corrected chi connectivity index (χ1v) is 6.08.